The van der Waals surface area contributed by atoms with Crippen molar-refractivity contribution in [1.82, 2.24) is 5.06 Å². The molecule has 4 heteroatoms. The van der Waals surface area contributed by atoms with Gasteiger partial charge in [0.05, 0.1) is 10.8 Å². The van der Waals surface area contributed by atoms with E-state index in [1.54, 1.807) is 0 Å². The van der Waals surface area contributed by atoms with E-state index < -0.39 is 10.8 Å². The number of hydrogen-bond donors (Lipinski definition) is 1. The van der Waals surface area contributed by atoms with Crippen LogP contribution in [0.1, 0.15) is 0 Å². The minimum absolute atomic E-state index is 0.222. The number of hydrogen-bond acceptors (Lipinski definition) is 3. The fourth-order valence-corrected chi connectivity index (χ4v) is 1.06. The summed E-state index contributed by atoms with van der Waals surface area (Å²) in [5.41, 5.74) is 0. The number of hydroxylamine groups is 2. The summed E-state index contributed by atoms with van der Waals surface area (Å²) in [5.74, 6) is 0.222. The molecule has 0 aromatic rings. The largest absolute Gasteiger partial charge is 0.288 e. The molecule has 0 saturated carbocycles. The van der Waals surface area contributed by atoms with Crippen LogP contribution < -0.4 is 0 Å². The summed E-state index contributed by atoms with van der Waals surface area (Å²) in [6, 6.07) is 0. The van der Waals surface area contributed by atoms with E-state index in [-0.39, 0.29) is 5.88 Å². The lowest BCUT2D eigenvalue weighted by Gasteiger charge is -1.98. The van der Waals surface area contributed by atoms with Crippen LogP contribution in [0.4, 0.5) is 0 Å². The summed E-state index contributed by atoms with van der Waals surface area (Å²) in [4.78, 5) is 0. The fraction of sp³-hybridized carbons (Fsp3) is 0.333. The van der Waals surface area contributed by atoms with Gasteiger partial charge < -0.3 is 0 Å². The molecule has 1 atom stereocenters. The van der Waals surface area contributed by atoms with Crippen LogP contribution in [0.25, 0.3) is 0 Å². The Morgan fingerprint density at radius 3 is 2.71 bits per heavy atom. The van der Waals surface area contributed by atoms with Crippen LogP contribution in [0.3, 0.4) is 0 Å². The zero-order chi connectivity index (χ0) is 5.28. The highest BCUT2D eigenvalue weighted by Crippen LogP contribution is 1.98. The molecule has 7 heavy (non-hydrogen) atoms. The second kappa shape index (κ2) is 1.63. The molecule has 0 saturated heterocycles. The van der Waals surface area contributed by atoms with Crippen molar-refractivity contribution >= 4 is 10.8 Å². The molecule has 0 fully saturated rings. The zero-order valence-electron chi connectivity index (χ0n) is 3.57. The second-order valence-electron chi connectivity index (χ2n) is 1.23. The van der Waals surface area contributed by atoms with Crippen LogP contribution in [-0.4, -0.2) is 20.4 Å². The lowest BCUT2D eigenvalue weighted by molar-refractivity contribution is -0.0180. The molecule has 1 unspecified atom stereocenters. The molecule has 1 rings (SSSR count). The van der Waals surface area contributed by atoms with Crippen molar-refractivity contribution in [3.05, 3.63) is 11.6 Å². The molecule has 1 N–H and O–H groups in total. The van der Waals surface area contributed by atoms with Crippen LogP contribution in [0.15, 0.2) is 11.6 Å². The third-order valence-electron chi connectivity index (χ3n) is 0.644. The van der Waals surface area contributed by atoms with E-state index in [1.807, 2.05) is 0 Å². The molecule has 0 amide bonds. The molecule has 3 nitrogen and oxygen atoms in total. The molecule has 1 aliphatic heterocycles. The van der Waals surface area contributed by atoms with Crippen LogP contribution in [-0.2, 0) is 10.8 Å². The quantitative estimate of drug-likeness (QED) is 0.483. The molecule has 1 heterocycles. The van der Waals surface area contributed by atoms with E-state index in [0.717, 1.165) is 5.06 Å². The molecular formula is C3H5NO2S. The number of nitrogens with zero attached hydrogens (tertiary/aromatic N) is 1. The predicted molar refractivity (Wildman–Crippen MR) is 25.8 cm³/mol. The Hall–Kier alpha value is -0.350. The van der Waals surface area contributed by atoms with Crippen molar-refractivity contribution in [3.8, 4) is 0 Å². The smallest absolute Gasteiger partial charge is 0.124 e. The molecule has 0 spiro atoms. The second-order valence-corrected chi connectivity index (χ2v) is 2.53. The first kappa shape index (κ1) is 4.80. The summed E-state index contributed by atoms with van der Waals surface area (Å²) < 4.78 is 10.3. The van der Waals surface area contributed by atoms with E-state index in [9.17, 15) is 4.21 Å². The van der Waals surface area contributed by atoms with Crippen molar-refractivity contribution in [2.45, 2.75) is 0 Å². The van der Waals surface area contributed by atoms with Crippen LogP contribution in [0.2, 0.25) is 0 Å². The van der Waals surface area contributed by atoms with E-state index >= 15 is 0 Å². The number of rotatable bonds is 0. The van der Waals surface area contributed by atoms with Gasteiger partial charge in [-0.2, -0.15) is 0 Å². The maximum atomic E-state index is 10.3. The van der Waals surface area contributed by atoms with Gasteiger partial charge in [0.1, 0.15) is 5.88 Å². The highest BCUT2D eigenvalue weighted by atomic mass is 32.2. The van der Waals surface area contributed by atoms with E-state index in [0.29, 0.717) is 0 Å². The Balaban J connectivity index is 2.58. The van der Waals surface area contributed by atoms with Crippen molar-refractivity contribution < 1.29 is 9.42 Å². The van der Waals surface area contributed by atoms with E-state index in [4.69, 9.17) is 5.21 Å². The maximum absolute atomic E-state index is 10.3. The van der Waals surface area contributed by atoms with E-state index in [1.165, 1.54) is 11.6 Å². The van der Waals surface area contributed by atoms with Crippen molar-refractivity contribution in [2.24, 2.45) is 0 Å². The summed E-state index contributed by atoms with van der Waals surface area (Å²) in [5, 5.41) is 10.8. The molecule has 40 valence electrons. The van der Waals surface area contributed by atoms with Crippen molar-refractivity contribution in [1.29, 1.82) is 0 Å². The first-order valence-electron chi connectivity index (χ1n) is 1.80. The van der Waals surface area contributed by atoms with Gasteiger partial charge in [0.2, 0.25) is 0 Å². The van der Waals surface area contributed by atoms with Gasteiger partial charge in [-0.1, -0.05) is 0 Å². The minimum atomic E-state index is -0.958. The van der Waals surface area contributed by atoms with Crippen LogP contribution in [0.5, 0.6) is 0 Å². The van der Waals surface area contributed by atoms with Gasteiger partial charge in [-0.25, -0.2) is 0 Å². The highest BCUT2D eigenvalue weighted by Gasteiger charge is 2.05. The lowest BCUT2D eigenvalue weighted by atomic mass is 11.0. The summed E-state index contributed by atoms with van der Waals surface area (Å²) in [6.07, 6.45) is 1.39. The third kappa shape index (κ3) is 1.01. The standard InChI is InChI=1S/C3H5NO2S/c5-4-1-2-7(6)3-4/h1-2,5H,3H2. The van der Waals surface area contributed by atoms with Crippen molar-refractivity contribution in [2.75, 3.05) is 5.88 Å². The van der Waals surface area contributed by atoms with Crippen molar-refractivity contribution in [3.63, 3.8) is 0 Å². The van der Waals surface area contributed by atoms with Gasteiger partial charge in [0, 0.05) is 11.6 Å². The molecule has 0 bridgehead atoms. The molecule has 0 radical (unpaired) electrons. The maximum Gasteiger partial charge on any atom is 0.124 e. The summed E-state index contributed by atoms with van der Waals surface area (Å²) in [6.45, 7) is 0. The first-order valence-corrected chi connectivity index (χ1v) is 3.18. The molecule has 1 aliphatic rings. The normalized spacial score (nSPS) is 29.3. The van der Waals surface area contributed by atoms with Gasteiger partial charge in [0.15, 0.2) is 0 Å². The Kier molecular flexibility index (Phi) is 1.12. The fourth-order valence-electron chi connectivity index (χ4n) is 0.355. The molecule has 0 aromatic carbocycles. The van der Waals surface area contributed by atoms with Gasteiger partial charge in [-0.3, -0.25) is 14.5 Å². The van der Waals surface area contributed by atoms with Gasteiger partial charge in [0.25, 0.3) is 0 Å². The predicted octanol–water partition coefficient (Wildman–Crippen LogP) is -0.131. The summed E-state index contributed by atoms with van der Waals surface area (Å²) >= 11 is 0. The first-order chi connectivity index (χ1) is 3.29. The molecular weight excluding hydrogens is 114 g/mol. The zero-order valence-corrected chi connectivity index (χ0v) is 4.39. The minimum Gasteiger partial charge on any atom is -0.288 e. The molecule has 0 aliphatic carbocycles. The van der Waals surface area contributed by atoms with Gasteiger partial charge in [-0.05, 0) is 0 Å². The van der Waals surface area contributed by atoms with Crippen LogP contribution >= 0.6 is 0 Å². The Morgan fingerprint density at radius 1 is 1.86 bits per heavy atom. The highest BCUT2D eigenvalue weighted by molar-refractivity contribution is 7.88. The SMILES string of the molecule is O=S1C=CN(O)C1. The van der Waals surface area contributed by atoms with Gasteiger partial charge >= 0.3 is 0 Å². The average Bonchev–Trinajstić information content (AvgIpc) is 1.87. The van der Waals surface area contributed by atoms with Gasteiger partial charge in [-0.15, -0.1) is 0 Å². The Labute approximate surface area is 43.7 Å². The van der Waals surface area contributed by atoms with Crippen LogP contribution in [0, 0.1) is 0 Å². The summed E-state index contributed by atoms with van der Waals surface area (Å²) in [7, 11) is -0.958. The topological polar surface area (TPSA) is 40.5 Å². The van der Waals surface area contributed by atoms with E-state index in [2.05, 4.69) is 0 Å². The monoisotopic (exact) mass is 119 g/mol. The molecule has 0 aromatic heterocycles. The Morgan fingerprint density at radius 2 is 2.57 bits per heavy atom. The Bertz CT molecular complexity index is 122. The third-order valence-corrected chi connectivity index (χ3v) is 1.59. The lowest BCUT2D eigenvalue weighted by Crippen LogP contribution is -2.08. The average molecular weight is 119 g/mol.